The molecule has 1 N–H and O–H groups in total. The average molecular weight is 183 g/mol. The molecule has 76 valence electrons. The lowest BCUT2D eigenvalue weighted by Crippen LogP contribution is -2.38. The summed E-state index contributed by atoms with van der Waals surface area (Å²) in [7, 11) is 2.00. The van der Waals surface area contributed by atoms with Crippen LogP contribution in [0.5, 0.6) is 0 Å². The minimum Gasteiger partial charge on any atom is -0.376 e. The van der Waals surface area contributed by atoms with Crippen LogP contribution < -0.4 is 5.32 Å². The molecule has 13 heavy (non-hydrogen) atoms. The van der Waals surface area contributed by atoms with Gasteiger partial charge in [-0.1, -0.05) is 18.6 Å². The van der Waals surface area contributed by atoms with Crippen molar-refractivity contribution in [2.24, 2.45) is 5.92 Å². The second-order valence-corrected chi connectivity index (χ2v) is 4.16. The van der Waals surface area contributed by atoms with E-state index < -0.39 is 0 Å². The molecule has 3 atom stereocenters. The smallest absolute Gasteiger partial charge is 0.0790 e. The molecule has 1 aliphatic rings. The molecule has 3 unspecified atom stereocenters. The first-order chi connectivity index (χ1) is 6.15. The van der Waals surface area contributed by atoms with E-state index in [1.54, 1.807) is 0 Å². The molecule has 1 rings (SSSR count). The molecule has 1 aliphatic heterocycles. The lowest BCUT2D eigenvalue weighted by atomic mass is 9.96. The lowest BCUT2D eigenvalue weighted by molar-refractivity contribution is 0.0762. The summed E-state index contributed by atoms with van der Waals surface area (Å²) < 4.78 is 5.71. The highest BCUT2D eigenvalue weighted by Gasteiger charge is 2.29. The average Bonchev–Trinajstić information content (AvgIpc) is 2.47. The van der Waals surface area contributed by atoms with Crippen molar-refractivity contribution in [2.45, 2.75) is 39.3 Å². The van der Waals surface area contributed by atoms with E-state index in [9.17, 15) is 0 Å². The fourth-order valence-electron chi connectivity index (χ4n) is 1.88. The summed E-state index contributed by atoms with van der Waals surface area (Å²) in [6.45, 7) is 7.44. The molecule has 0 spiro atoms. The van der Waals surface area contributed by atoms with Crippen molar-refractivity contribution in [3.8, 4) is 0 Å². The molecule has 0 aromatic carbocycles. The molecule has 0 amide bonds. The number of hydrogen-bond acceptors (Lipinski definition) is 2. The van der Waals surface area contributed by atoms with Crippen molar-refractivity contribution >= 4 is 0 Å². The maximum absolute atomic E-state index is 5.71. The third-order valence-electron chi connectivity index (χ3n) is 2.64. The summed E-state index contributed by atoms with van der Waals surface area (Å²) in [6.07, 6.45) is 3.81. The first kappa shape index (κ1) is 10.7. The Bertz CT molecular complexity index is 185. The highest BCUT2D eigenvalue weighted by molar-refractivity contribution is 5.05. The zero-order valence-corrected chi connectivity index (χ0v) is 9.13. The van der Waals surface area contributed by atoms with Crippen molar-refractivity contribution in [1.82, 2.24) is 5.32 Å². The van der Waals surface area contributed by atoms with Gasteiger partial charge in [0, 0.05) is 6.61 Å². The maximum atomic E-state index is 5.71. The Morgan fingerprint density at radius 3 is 2.62 bits per heavy atom. The van der Waals surface area contributed by atoms with Gasteiger partial charge in [0.25, 0.3) is 0 Å². The first-order valence-electron chi connectivity index (χ1n) is 5.09. The van der Waals surface area contributed by atoms with E-state index in [2.05, 4.69) is 32.2 Å². The lowest BCUT2D eigenvalue weighted by Gasteiger charge is -2.23. The van der Waals surface area contributed by atoms with E-state index in [4.69, 9.17) is 4.74 Å². The minimum atomic E-state index is 0.361. The molecule has 0 bridgehead atoms. The summed E-state index contributed by atoms with van der Waals surface area (Å²) in [5.74, 6) is 0.674. The van der Waals surface area contributed by atoms with Gasteiger partial charge in [0.1, 0.15) is 0 Å². The zero-order valence-electron chi connectivity index (χ0n) is 9.13. The summed E-state index contributed by atoms with van der Waals surface area (Å²) in [5, 5.41) is 3.30. The van der Waals surface area contributed by atoms with Crippen LogP contribution in [0.15, 0.2) is 11.6 Å². The predicted octanol–water partition coefficient (Wildman–Crippen LogP) is 1.97. The number of ether oxygens (including phenoxy) is 1. The molecule has 2 nitrogen and oxygen atoms in total. The van der Waals surface area contributed by atoms with E-state index >= 15 is 0 Å². The Kier molecular flexibility index (Phi) is 3.94. The molecule has 0 aromatic rings. The fourth-order valence-corrected chi connectivity index (χ4v) is 1.88. The van der Waals surface area contributed by atoms with E-state index in [0.717, 1.165) is 6.61 Å². The molecule has 2 heteroatoms. The molecule has 1 heterocycles. The summed E-state index contributed by atoms with van der Waals surface area (Å²) in [6, 6.07) is 0.377. The summed E-state index contributed by atoms with van der Waals surface area (Å²) in [4.78, 5) is 0. The Hall–Kier alpha value is -0.340. The van der Waals surface area contributed by atoms with E-state index in [0.29, 0.717) is 18.1 Å². The third-order valence-corrected chi connectivity index (χ3v) is 2.64. The highest BCUT2D eigenvalue weighted by atomic mass is 16.5. The Labute approximate surface area is 81.4 Å². The van der Waals surface area contributed by atoms with E-state index in [1.165, 1.54) is 12.0 Å². The van der Waals surface area contributed by atoms with Gasteiger partial charge in [0.05, 0.1) is 12.1 Å². The van der Waals surface area contributed by atoms with Crippen molar-refractivity contribution < 1.29 is 4.74 Å². The monoisotopic (exact) mass is 183 g/mol. The molecule has 1 saturated heterocycles. The molecule has 0 aliphatic carbocycles. The zero-order chi connectivity index (χ0) is 9.84. The minimum absolute atomic E-state index is 0.361. The van der Waals surface area contributed by atoms with Crippen LogP contribution in [0, 0.1) is 5.92 Å². The third kappa shape index (κ3) is 2.82. The predicted molar refractivity (Wildman–Crippen MR) is 55.8 cm³/mol. The number of rotatable bonds is 3. The van der Waals surface area contributed by atoms with Gasteiger partial charge < -0.3 is 10.1 Å². The fraction of sp³-hybridized carbons (Fsp3) is 0.818. The quantitative estimate of drug-likeness (QED) is 0.675. The topological polar surface area (TPSA) is 21.3 Å². The van der Waals surface area contributed by atoms with Gasteiger partial charge in [0.2, 0.25) is 0 Å². The van der Waals surface area contributed by atoms with Crippen LogP contribution in [0.25, 0.3) is 0 Å². The second-order valence-electron chi connectivity index (χ2n) is 4.16. The van der Waals surface area contributed by atoms with Crippen molar-refractivity contribution in [1.29, 1.82) is 0 Å². The number of hydrogen-bond donors (Lipinski definition) is 1. The van der Waals surface area contributed by atoms with Gasteiger partial charge >= 0.3 is 0 Å². The van der Waals surface area contributed by atoms with Crippen LogP contribution in [0.4, 0.5) is 0 Å². The van der Waals surface area contributed by atoms with Crippen LogP contribution in [0.1, 0.15) is 27.2 Å². The van der Waals surface area contributed by atoms with Gasteiger partial charge in [0.15, 0.2) is 0 Å². The van der Waals surface area contributed by atoms with E-state index in [1.807, 2.05) is 7.05 Å². The van der Waals surface area contributed by atoms with Gasteiger partial charge in [-0.2, -0.15) is 0 Å². The van der Waals surface area contributed by atoms with Crippen LogP contribution in [-0.2, 0) is 4.74 Å². The summed E-state index contributed by atoms with van der Waals surface area (Å²) >= 11 is 0. The summed E-state index contributed by atoms with van der Waals surface area (Å²) in [5.41, 5.74) is 1.35. The molecule has 0 aromatic heterocycles. The van der Waals surface area contributed by atoms with Crippen LogP contribution in [-0.4, -0.2) is 25.8 Å². The Morgan fingerprint density at radius 2 is 2.23 bits per heavy atom. The number of nitrogens with one attached hydrogen (secondary N) is 1. The van der Waals surface area contributed by atoms with E-state index in [-0.39, 0.29) is 0 Å². The maximum Gasteiger partial charge on any atom is 0.0790 e. The van der Waals surface area contributed by atoms with Crippen molar-refractivity contribution in [2.75, 3.05) is 13.7 Å². The number of allylic oxidation sites excluding steroid dienone is 1. The molecule has 0 radical (unpaired) electrons. The number of likely N-dealkylation sites (N-methyl/N-ethyl adjacent to an activating group) is 1. The Morgan fingerprint density at radius 1 is 1.54 bits per heavy atom. The van der Waals surface area contributed by atoms with Gasteiger partial charge in [-0.3, -0.25) is 0 Å². The first-order valence-corrected chi connectivity index (χ1v) is 5.09. The van der Waals surface area contributed by atoms with Crippen LogP contribution in [0.2, 0.25) is 0 Å². The second kappa shape index (κ2) is 4.77. The SMILES string of the molecule is CNC(C=C(C)C)C1OCCC1C. The highest BCUT2D eigenvalue weighted by Crippen LogP contribution is 2.23. The van der Waals surface area contributed by atoms with Gasteiger partial charge in [-0.15, -0.1) is 0 Å². The standard InChI is InChI=1S/C11H21NO/c1-8(2)7-10(12-4)11-9(3)5-6-13-11/h7,9-12H,5-6H2,1-4H3. The molecule has 0 saturated carbocycles. The van der Waals surface area contributed by atoms with Crippen LogP contribution >= 0.6 is 0 Å². The van der Waals surface area contributed by atoms with Gasteiger partial charge in [-0.25, -0.2) is 0 Å². The largest absolute Gasteiger partial charge is 0.376 e. The van der Waals surface area contributed by atoms with Crippen molar-refractivity contribution in [3.63, 3.8) is 0 Å². The van der Waals surface area contributed by atoms with Gasteiger partial charge in [-0.05, 0) is 33.2 Å². The molecule has 1 fully saturated rings. The Balaban J connectivity index is 2.60. The molecular weight excluding hydrogens is 162 g/mol. The molecular formula is C11H21NO. The van der Waals surface area contributed by atoms with Crippen LogP contribution in [0.3, 0.4) is 0 Å². The normalized spacial score (nSPS) is 30.2. The van der Waals surface area contributed by atoms with Crippen molar-refractivity contribution in [3.05, 3.63) is 11.6 Å².